The number of aromatic nitrogens is 6. The number of para-hydroxylation sites is 1. The van der Waals surface area contributed by atoms with Gasteiger partial charge in [-0.05, 0) is 124 Å². The number of aliphatic carboxylic acids is 1. The van der Waals surface area contributed by atoms with Crippen LogP contribution in [-0.4, -0.2) is 68.1 Å². The van der Waals surface area contributed by atoms with E-state index in [1.54, 1.807) is 30.3 Å². The number of nitrogens with zero attached hydrogens (tertiary/aromatic N) is 7. The molecule has 9 rings (SSSR count). The number of carboxylic acids is 1. The number of hydrogen-bond donors (Lipinski definition) is 3. The number of carbonyl (C=O) groups is 2. The first-order valence-corrected chi connectivity index (χ1v) is 21.8. The maximum absolute atomic E-state index is 14.0. The normalized spacial score (nSPS) is 21.4. The van der Waals surface area contributed by atoms with Crippen molar-refractivity contribution < 1.29 is 23.1 Å². The summed E-state index contributed by atoms with van der Waals surface area (Å²) in [4.78, 5) is 36.0. The lowest BCUT2D eigenvalue weighted by Gasteiger charge is -2.56. The largest absolute Gasteiger partial charge is 0.481 e. The van der Waals surface area contributed by atoms with Crippen LogP contribution in [0.1, 0.15) is 86.0 Å². The van der Waals surface area contributed by atoms with Crippen LogP contribution in [0.15, 0.2) is 48.7 Å². The molecule has 0 spiro atoms. The lowest BCUT2D eigenvalue weighted by molar-refractivity contribution is -0.137. The zero-order valence-corrected chi connectivity index (χ0v) is 33.5. The topological polar surface area (TPSA) is 185 Å². The number of thiazole rings is 1. The number of benzene rings is 1. The molecule has 1 amide bonds. The Labute approximate surface area is 330 Å². The van der Waals surface area contributed by atoms with Crippen LogP contribution in [0.4, 0.5) is 22.6 Å². The van der Waals surface area contributed by atoms with Crippen LogP contribution in [0.2, 0.25) is 0 Å². The van der Waals surface area contributed by atoms with Crippen LogP contribution in [0.5, 0.6) is 0 Å². The van der Waals surface area contributed by atoms with Crippen LogP contribution in [0.3, 0.4) is 0 Å². The fourth-order valence-corrected chi connectivity index (χ4v) is 11.5. The summed E-state index contributed by atoms with van der Waals surface area (Å²) < 4.78 is 31.6. The maximum Gasteiger partial charge on any atom is 0.303 e. The van der Waals surface area contributed by atoms with Gasteiger partial charge in [-0.2, -0.15) is 5.10 Å². The summed E-state index contributed by atoms with van der Waals surface area (Å²) >= 11 is 1.52. The summed E-state index contributed by atoms with van der Waals surface area (Å²) in [7, 11) is -2.29. The zero-order chi connectivity index (χ0) is 39.2. The summed E-state index contributed by atoms with van der Waals surface area (Å²) in [5.74, 6) is 1.70. The molecule has 4 bridgehead atoms. The summed E-state index contributed by atoms with van der Waals surface area (Å²) in [6.07, 6.45) is 10.5. The number of unbranched alkanes of at least 4 members (excludes halogenated alkanes) is 2. The van der Waals surface area contributed by atoms with Gasteiger partial charge in [-0.1, -0.05) is 29.9 Å². The van der Waals surface area contributed by atoms with Gasteiger partial charge in [0.2, 0.25) is 10.0 Å². The molecule has 4 saturated carbocycles. The van der Waals surface area contributed by atoms with E-state index in [-0.39, 0.29) is 29.7 Å². The van der Waals surface area contributed by atoms with E-state index in [1.165, 1.54) is 49.9 Å². The van der Waals surface area contributed by atoms with Gasteiger partial charge in [0.1, 0.15) is 11.5 Å². The SMILES string of the molecule is Cc1cc(N(C)c2ccc(-c3cnn(CC45CC6CC(CC(C6)C4)C5)c3C)c(C(=O)NS(=O)(=O)CCCCCC(=O)O)n2)nnc1Nc1nc2ccccc2s1. The van der Waals surface area contributed by atoms with E-state index < -0.39 is 21.9 Å². The predicted molar refractivity (Wildman–Crippen MR) is 216 cm³/mol. The molecule has 5 aromatic rings. The number of aryl methyl sites for hydroxylation is 1. The quantitative estimate of drug-likeness (QED) is 0.0894. The summed E-state index contributed by atoms with van der Waals surface area (Å²) in [6.45, 7) is 4.74. The van der Waals surface area contributed by atoms with Crippen LogP contribution in [-0.2, 0) is 21.4 Å². The number of rotatable bonds is 15. The van der Waals surface area contributed by atoms with E-state index >= 15 is 0 Å². The van der Waals surface area contributed by atoms with Crippen molar-refractivity contribution >= 4 is 66.0 Å². The Morgan fingerprint density at radius 3 is 2.38 bits per heavy atom. The maximum atomic E-state index is 14.0. The fraction of sp³-hybridized carbons (Fsp3) is 0.475. The second kappa shape index (κ2) is 15.2. The summed E-state index contributed by atoms with van der Waals surface area (Å²) in [6, 6.07) is 13.3. The van der Waals surface area contributed by atoms with Crippen LogP contribution in [0.25, 0.3) is 21.3 Å². The summed E-state index contributed by atoms with van der Waals surface area (Å²) in [5.41, 5.74) is 3.98. The van der Waals surface area contributed by atoms with Gasteiger partial charge in [-0.15, -0.1) is 10.2 Å². The highest BCUT2D eigenvalue weighted by Crippen LogP contribution is 2.60. The molecule has 56 heavy (non-hydrogen) atoms. The number of fused-ring (bicyclic) bond motifs is 1. The van der Waals surface area contributed by atoms with Gasteiger partial charge < -0.3 is 15.3 Å². The Hall–Kier alpha value is -4.96. The van der Waals surface area contributed by atoms with Crippen LogP contribution in [0, 0.1) is 37.0 Å². The molecule has 0 atom stereocenters. The molecule has 0 radical (unpaired) electrons. The van der Waals surface area contributed by atoms with Gasteiger partial charge in [-0.3, -0.25) is 14.3 Å². The van der Waals surface area contributed by atoms with E-state index in [0.29, 0.717) is 46.6 Å². The first-order chi connectivity index (χ1) is 26.8. The molecule has 4 fully saturated rings. The van der Waals surface area contributed by atoms with Crippen molar-refractivity contribution in [3.8, 4) is 11.1 Å². The minimum Gasteiger partial charge on any atom is -0.481 e. The minimum atomic E-state index is -4.05. The molecule has 14 nitrogen and oxygen atoms in total. The number of carbonyl (C=O) groups excluding carboxylic acids is 1. The van der Waals surface area contributed by atoms with Crippen LogP contribution < -0.4 is 14.9 Å². The molecule has 294 valence electrons. The average molecular weight is 798 g/mol. The van der Waals surface area contributed by atoms with E-state index in [2.05, 4.69) is 29.9 Å². The number of anilines is 4. The first kappa shape index (κ1) is 37.9. The Bertz CT molecular complexity index is 2340. The Kier molecular flexibility index (Phi) is 10.3. The standard InChI is InChI=1S/C40H47N9O5S2/c1-24-15-34(45-46-37(24)44-39-42-31-9-6-7-10-32(31)55-39)48(3)33-13-12-29(36(43-33)38(52)47-56(53,54)14-8-4-5-11-35(50)51)30-22-41-49(25(30)2)23-40-19-26-16-27(20-40)18-28(17-26)21-40/h6-7,9-10,12-13,15,22,26-28H,4-5,8,11,14,16-21,23H2,1-3H3,(H,47,52)(H,50,51)(H,42,44,46). The van der Waals surface area contributed by atoms with E-state index in [0.717, 1.165) is 45.8 Å². The lowest BCUT2D eigenvalue weighted by atomic mass is 9.49. The number of pyridine rings is 1. The number of hydrogen-bond acceptors (Lipinski definition) is 12. The molecule has 4 aliphatic rings. The Morgan fingerprint density at radius 2 is 1.68 bits per heavy atom. The molecule has 4 heterocycles. The van der Waals surface area contributed by atoms with E-state index in [1.807, 2.05) is 44.2 Å². The lowest BCUT2D eigenvalue weighted by Crippen LogP contribution is -2.48. The van der Waals surface area contributed by atoms with Crippen molar-refractivity contribution in [1.29, 1.82) is 0 Å². The van der Waals surface area contributed by atoms with Gasteiger partial charge in [0.05, 0.1) is 22.2 Å². The highest BCUT2D eigenvalue weighted by atomic mass is 32.2. The Morgan fingerprint density at radius 1 is 0.946 bits per heavy atom. The third kappa shape index (κ3) is 7.99. The van der Waals surface area contributed by atoms with Gasteiger partial charge >= 0.3 is 5.97 Å². The molecular weight excluding hydrogens is 751 g/mol. The number of carboxylic acid groups (broad SMARTS) is 1. The van der Waals surface area contributed by atoms with Crippen molar-refractivity contribution in [3.63, 3.8) is 0 Å². The number of amides is 1. The molecule has 3 N–H and O–H groups in total. The van der Waals surface area contributed by atoms with Crippen molar-refractivity contribution in [3.05, 3.63) is 65.6 Å². The molecule has 0 aliphatic heterocycles. The zero-order valence-electron chi connectivity index (χ0n) is 31.9. The van der Waals surface area contributed by atoms with Gasteiger partial charge in [0, 0.05) is 36.8 Å². The number of nitrogens with one attached hydrogen (secondary N) is 2. The van der Waals surface area contributed by atoms with E-state index in [9.17, 15) is 18.0 Å². The third-order valence-electron chi connectivity index (χ3n) is 11.9. The van der Waals surface area contributed by atoms with Gasteiger partial charge in [0.25, 0.3) is 5.91 Å². The molecule has 0 saturated heterocycles. The minimum absolute atomic E-state index is 0.0395. The van der Waals surface area contributed by atoms with Crippen LogP contribution >= 0.6 is 11.3 Å². The smallest absolute Gasteiger partial charge is 0.303 e. The molecule has 4 aliphatic carbocycles. The third-order valence-corrected chi connectivity index (χ3v) is 14.1. The van der Waals surface area contributed by atoms with Gasteiger partial charge in [0.15, 0.2) is 16.8 Å². The average Bonchev–Trinajstić information content (AvgIpc) is 3.72. The second-order valence-electron chi connectivity index (χ2n) is 16.1. The highest BCUT2D eigenvalue weighted by molar-refractivity contribution is 7.90. The van der Waals surface area contributed by atoms with Crippen molar-refractivity contribution in [1.82, 2.24) is 34.7 Å². The molecule has 4 aromatic heterocycles. The molecule has 1 aromatic carbocycles. The van der Waals surface area contributed by atoms with E-state index in [4.69, 9.17) is 15.2 Å². The number of sulfonamides is 1. The van der Waals surface area contributed by atoms with Gasteiger partial charge in [-0.25, -0.2) is 23.1 Å². The highest BCUT2D eigenvalue weighted by Gasteiger charge is 2.51. The Balaban J connectivity index is 1.06. The van der Waals surface area contributed by atoms with Crippen molar-refractivity contribution in [2.45, 2.75) is 84.6 Å². The molecule has 16 heteroatoms. The monoisotopic (exact) mass is 797 g/mol. The second-order valence-corrected chi connectivity index (χ2v) is 19.0. The van der Waals surface area contributed by atoms with Crippen molar-refractivity contribution in [2.24, 2.45) is 23.2 Å². The molecular formula is C40H47N9O5S2. The predicted octanol–water partition coefficient (Wildman–Crippen LogP) is 7.39. The summed E-state index contributed by atoms with van der Waals surface area (Å²) in [5, 5.41) is 26.6. The molecule has 0 unspecified atom stereocenters. The first-order valence-electron chi connectivity index (χ1n) is 19.3. The fourth-order valence-electron chi connectivity index (χ4n) is 9.59. The van der Waals surface area contributed by atoms with Crippen molar-refractivity contribution in [2.75, 3.05) is 23.0 Å².